The number of carbonyl (C=O) groups is 3. The molecule has 3 aliphatic rings. The Morgan fingerprint density at radius 3 is 2.46 bits per heavy atom. The summed E-state index contributed by atoms with van der Waals surface area (Å²) in [6.45, 7) is 5.77. The van der Waals surface area contributed by atoms with Crippen molar-refractivity contribution in [2.45, 2.75) is 102 Å². The number of hydrogen-bond acceptors (Lipinski definition) is 7. The van der Waals surface area contributed by atoms with Gasteiger partial charge in [-0.3, -0.25) is 14.4 Å². The highest BCUT2D eigenvalue weighted by Crippen LogP contribution is 2.32. The Balaban J connectivity index is 0.00000420. The number of pyridine rings is 1. The molecule has 1 unspecified atom stereocenters. The SMILES string of the molecule is CC(C)(C)[C@H](N)C(=O)N1C[C@H](Oc2ccc(Cl)cn2)C[C@H]1C(=O)N[C@@H](CC1CCC1)C(O)C(=O)NC1CC1.Cl. The predicted octanol–water partition coefficient (Wildman–Crippen LogP) is 2.19. The third kappa shape index (κ3) is 8.19. The molecule has 2 heterocycles. The van der Waals surface area contributed by atoms with Gasteiger partial charge in [-0.05, 0) is 36.7 Å². The largest absolute Gasteiger partial charge is 0.472 e. The Kier molecular flexibility index (Phi) is 10.5. The third-order valence-corrected chi connectivity index (χ3v) is 7.97. The Hall–Kier alpha value is -2.14. The van der Waals surface area contributed by atoms with E-state index in [0.29, 0.717) is 23.2 Å². The van der Waals surface area contributed by atoms with E-state index in [1.54, 1.807) is 12.1 Å². The first-order valence-electron chi connectivity index (χ1n) is 13.6. The lowest BCUT2D eigenvalue weighted by molar-refractivity contribution is -0.142. The number of amides is 3. The Labute approximate surface area is 241 Å². The first-order valence-corrected chi connectivity index (χ1v) is 13.9. The quantitative estimate of drug-likeness (QED) is 0.329. The maximum Gasteiger partial charge on any atom is 0.251 e. The summed E-state index contributed by atoms with van der Waals surface area (Å²) in [5.74, 6) is -0.580. The molecule has 5 N–H and O–H groups in total. The molecule has 4 rings (SSSR count). The highest BCUT2D eigenvalue weighted by molar-refractivity contribution is 6.30. The van der Waals surface area contributed by atoms with Crippen molar-refractivity contribution in [3.8, 4) is 5.88 Å². The van der Waals surface area contributed by atoms with Crippen LogP contribution in [0.1, 0.15) is 65.7 Å². The van der Waals surface area contributed by atoms with Gasteiger partial charge in [0.15, 0.2) is 6.10 Å². The van der Waals surface area contributed by atoms with Gasteiger partial charge >= 0.3 is 0 Å². The fourth-order valence-electron chi connectivity index (χ4n) is 4.86. The normalized spacial score (nSPS) is 23.6. The molecule has 0 aromatic carbocycles. The topological polar surface area (TPSA) is 147 Å². The van der Waals surface area contributed by atoms with Crippen LogP contribution < -0.4 is 21.1 Å². The van der Waals surface area contributed by atoms with Crippen molar-refractivity contribution in [1.29, 1.82) is 0 Å². The fourth-order valence-corrected chi connectivity index (χ4v) is 4.97. The van der Waals surface area contributed by atoms with Crippen LogP contribution in [-0.2, 0) is 14.4 Å². The van der Waals surface area contributed by atoms with E-state index in [2.05, 4.69) is 15.6 Å². The van der Waals surface area contributed by atoms with E-state index in [1.165, 1.54) is 11.1 Å². The maximum absolute atomic E-state index is 13.7. The van der Waals surface area contributed by atoms with Crippen molar-refractivity contribution in [1.82, 2.24) is 20.5 Å². The number of aliphatic hydroxyl groups excluding tert-OH is 1. The van der Waals surface area contributed by atoms with E-state index >= 15 is 0 Å². The highest BCUT2D eigenvalue weighted by Gasteiger charge is 2.45. The second kappa shape index (κ2) is 13.0. The molecular weight excluding hydrogens is 545 g/mol. The van der Waals surface area contributed by atoms with Crippen molar-refractivity contribution in [3.05, 3.63) is 23.4 Å². The third-order valence-electron chi connectivity index (χ3n) is 7.75. The highest BCUT2D eigenvalue weighted by atomic mass is 35.5. The van der Waals surface area contributed by atoms with Gasteiger partial charge in [0.05, 0.1) is 23.7 Å². The van der Waals surface area contributed by atoms with E-state index in [1.807, 2.05) is 20.8 Å². The van der Waals surface area contributed by atoms with Crippen LogP contribution in [0.2, 0.25) is 5.02 Å². The predicted molar refractivity (Wildman–Crippen MR) is 150 cm³/mol. The van der Waals surface area contributed by atoms with Gasteiger partial charge < -0.3 is 31.1 Å². The van der Waals surface area contributed by atoms with Gasteiger partial charge in [0.2, 0.25) is 17.7 Å². The zero-order valence-electron chi connectivity index (χ0n) is 22.8. The number of nitrogens with one attached hydrogen (secondary N) is 2. The fraction of sp³-hybridized carbons (Fsp3) is 0.704. The van der Waals surface area contributed by atoms with Crippen LogP contribution in [-0.4, -0.2) is 75.6 Å². The van der Waals surface area contributed by atoms with Gasteiger partial charge in [-0.1, -0.05) is 51.6 Å². The second-order valence-corrected chi connectivity index (χ2v) is 12.5. The van der Waals surface area contributed by atoms with Crippen LogP contribution in [0.3, 0.4) is 0 Å². The van der Waals surface area contributed by atoms with Gasteiger partial charge in [0.25, 0.3) is 5.91 Å². The minimum Gasteiger partial charge on any atom is -0.472 e. The van der Waals surface area contributed by atoms with Gasteiger partial charge in [-0.15, -0.1) is 12.4 Å². The number of nitrogens with zero attached hydrogens (tertiary/aromatic N) is 2. The molecule has 12 heteroatoms. The average molecular weight is 587 g/mol. The Morgan fingerprint density at radius 2 is 1.92 bits per heavy atom. The summed E-state index contributed by atoms with van der Waals surface area (Å²) in [5.41, 5.74) is 5.79. The van der Waals surface area contributed by atoms with Crippen molar-refractivity contribution in [2.75, 3.05) is 6.54 Å². The van der Waals surface area contributed by atoms with Crippen molar-refractivity contribution >= 4 is 41.7 Å². The van der Waals surface area contributed by atoms with Gasteiger partial charge in [-0.2, -0.15) is 0 Å². The molecule has 0 bridgehead atoms. The lowest BCUT2D eigenvalue weighted by Crippen LogP contribution is -2.58. The molecular formula is C27H41Cl2N5O5. The number of aromatic nitrogens is 1. The molecule has 3 fully saturated rings. The number of halogens is 2. The second-order valence-electron chi connectivity index (χ2n) is 12.0. The van der Waals surface area contributed by atoms with Crippen molar-refractivity contribution < 1.29 is 24.2 Å². The first-order chi connectivity index (χ1) is 17.9. The molecule has 1 aromatic heterocycles. The molecule has 1 saturated heterocycles. The standard InChI is InChI=1S/C27H40ClN5O5.ClH/c1-27(2,3)23(29)26(37)33-14-18(38-21-10-7-16(28)13-30-21)12-20(33)24(35)32-19(11-15-5-4-6-15)22(34)25(36)31-17-8-9-17;/h7,10,13,15,17-20,22-23,34H,4-6,8-9,11-12,14,29H2,1-3H3,(H,31,36)(H,32,35);1H/t18-,19+,20+,22?,23-;/m1./s1. The number of aliphatic hydroxyl groups is 1. The van der Waals surface area contributed by atoms with E-state index < -0.39 is 47.6 Å². The minimum absolute atomic E-state index is 0. The van der Waals surface area contributed by atoms with Crippen molar-refractivity contribution in [3.63, 3.8) is 0 Å². The number of ether oxygens (including phenoxy) is 1. The number of rotatable bonds is 10. The summed E-state index contributed by atoms with van der Waals surface area (Å²) in [6, 6.07) is 0.935. The molecule has 3 amide bonds. The summed E-state index contributed by atoms with van der Waals surface area (Å²) >= 11 is 5.93. The van der Waals surface area contributed by atoms with E-state index in [4.69, 9.17) is 22.1 Å². The molecule has 2 aliphatic carbocycles. The molecule has 0 spiro atoms. The minimum atomic E-state index is -1.37. The Morgan fingerprint density at radius 1 is 1.23 bits per heavy atom. The van der Waals surface area contributed by atoms with Gasteiger partial charge in [0, 0.05) is 24.7 Å². The number of likely N-dealkylation sites (tertiary alicyclic amines) is 1. The molecule has 0 radical (unpaired) electrons. The summed E-state index contributed by atoms with van der Waals surface area (Å²) < 4.78 is 5.99. The molecule has 218 valence electrons. The van der Waals surface area contributed by atoms with E-state index in [-0.39, 0.29) is 37.3 Å². The lowest BCUT2D eigenvalue weighted by atomic mass is 9.79. The zero-order chi connectivity index (χ0) is 27.6. The van der Waals surface area contributed by atoms with Gasteiger partial charge in [0.1, 0.15) is 12.1 Å². The monoisotopic (exact) mass is 585 g/mol. The van der Waals surface area contributed by atoms with Crippen LogP contribution in [0, 0.1) is 11.3 Å². The summed E-state index contributed by atoms with van der Waals surface area (Å²) in [7, 11) is 0. The van der Waals surface area contributed by atoms with E-state index in [0.717, 1.165) is 32.1 Å². The molecule has 39 heavy (non-hydrogen) atoms. The molecule has 5 atom stereocenters. The van der Waals surface area contributed by atoms with Gasteiger partial charge in [-0.25, -0.2) is 4.98 Å². The molecule has 2 saturated carbocycles. The van der Waals surface area contributed by atoms with Crippen LogP contribution in [0.5, 0.6) is 5.88 Å². The average Bonchev–Trinajstić information content (AvgIpc) is 3.55. The van der Waals surface area contributed by atoms with Crippen molar-refractivity contribution in [2.24, 2.45) is 17.1 Å². The Bertz CT molecular complexity index is 1010. The zero-order valence-corrected chi connectivity index (χ0v) is 24.3. The van der Waals surface area contributed by atoms with Crippen LogP contribution >= 0.6 is 24.0 Å². The maximum atomic E-state index is 13.7. The number of hydrogen-bond donors (Lipinski definition) is 4. The summed E-state index contributed by atoms with van der Waals surface area (Å²) in [6.07, 6.45) is 5.22. The van der Waals surface area contributed by atoms with Crippen LogP contribution in [0.25, 0.3) is 0 Å². The molecule has 1 aliphatic heterocycles. The summed E-state index contributed by atoms with van der Waals surface area (Å²) in [5, 5.41) is 17.1. The van der Waals surface area contributed by atoms with E-state index in [9.17, 15) is 19.5 Å². The van der Waals surface area contributed by atoms with Crippen LogP contribution in [0.15, 0.2) is 18.3 Å². The summed E-state index contributed by atoms with van der Waals surface area (Å²) in [4.78, 5) is 45.4. The number of carbonyl (C=O) groups excluding carboxylic acids is 3. The molecule has 10 nitrogen and oxygen atoms in total. The first kappa shape index (κ1) is 31.4. The smallest absolute Gasteiger partial charge is 0.251 e. The lowest BCUT2D eigenvalue weighted by Gasteiger charge is -2.35. The molecule has 1 aromatic rings. The van der Waals surface area contributed by atoms with Crippen LogP contribution in [0.4, 0.5) is 0 Å². The number of nitrogens with two attached hydrogens (primary N) is 1.